The molecular formula is C20H22N2O. The summed E-state index contributed by atoms with van der Waals surface area (Å²) in [5, 5.41) is 4.13. The van der Waals surface area contributed by atoms with E-state index in [0.717, 1.165) is 11.1 Å². The van der Waals surface area contributed by atoms with Gasteiger partial charge in [-0.05, 0) is 42.0 Å². The van der Waals surface area contributed by atoms with Gasteiger partial charge in [0.1, 0.15) is 0 Å². The van der Waals surface area contributed by atoms with Gasteiger partial charge in [-0.1, -0.05) is 61.7 Å². The molecule has 1 saturated carbocycles. The first-order valence-corrected chi connectivity index (χ1v) is 8.32. The van der Waals surface area contributed by atoms with Crippen molar-refractivity contribution in [2.45, 2.75) is 32.1 Å². The molecule has 0 aromatic heterocycles. The van der Waals surface area contributed by atoms with Crippen molar-refractivity contribution < 1.29 is 4.79 Å². The van der Waals surface area contributed by atoms with Crippen molar-refractivity contribution in [3.05, 3.63) is 60.2 Å². The highest BCUT2D eigenvalue weighted by molar-refractivity contribution is 5.94. The molecule has 1 N–H and O–H groups in total. The van der Waals surface area contributed by atoms with Crippen molar-refractivity contribution in [2.75, 3.05) is 0 Å². The number of hydrazone groups is 1. The molecule has 1 amide bonds. The molecule has 1 aliphatic rings. The van der Waals surface area contributed by atoms with Gasteiger partial charge in [-0.25, -0.2) is 5.43 Å². The van der Waals surface area contributed by atoms with Crippen LogP contribution in [0.15, 0.2) is 59.7 Å². The van der Waals surface area contributed by atoms with Gasteiger partial charge in [0.05, 0.1) is 0 Å². The minimum absolute atomic E-state index is 0.156. The predicted octanol–water partition coefficient (Wildman–Crippen LogP) is 4.65. The van der Waals surface area contributed by atoms with Crippen LogP contribution in [0, 0.1) is 5.92 Å². The Balaban J connectivity index is 1.58. The van der Waals surface area contributed by atoms with E-state index in [4.69, 9.17) is 0 Å². The SMILES string of the molecule is O=C(N/N=C\C1CCCCC1)c1ccc(-c2ccccc2)cc1. The van der Waals surface area contributed by atoms with E-state index in [9.17, 15) is 4.79 Å². The lowest BCUT2D eigenvalue weighted by Crippen LogP contribution is -2.19. The third-order valence-corrected chi connectivity index (χ3v) is 4.36. The summed E-state index contributed by atoms with van der Waals surface area (Å²) in [5.74, 6) is 0.362. The highest BCUT2D eigenvalue weighted by Crippen LogP contribution is 2.22. The number of rotatable bonds is 4. The lowest BCUT2D eigenvalue weighted by Gasteiger charge is -2.16. The average Bonchev–Trinajstić information content (AvgIpc) is 2.63. The molecule has 3 rings (SSSR count). The summed E-state index contributed by atoms with van der Waals surface area (Å²) in [6.45, 7) is 0. The Morgan fingerprint density at radius 2 is 1.57 bits per heavy atom. The third kappa shape index (κ3) is 4.28. The number of amides is 1. The zero-order chi connectivity index (χ0) is 15.9. The molecule has 1 fully saturated rings. The zero-order valence-corrected chi connectivity index (χ0v) is 13.2. The first-order valence-electron chi connectivity index (χ1n) is 8.32. The normalized spacial score (nSPS) is 15.7. The molecule has 118 valence electrons. The molecule has 23 heavy (non-hydrogen) atoms. The Labute approximate surface area is 137 Å². The lowest BCUT2D eigenvalue weighted by molar-refractivity contribution is 0.0955. The summed E-state index contributed by atoms with van der Waals surface area (Å²) in [6.07, 6.45) is 8.13. The molecule has 2 aromatic carbocycles. The highest BCUT2D eigenvalue weighted by Gasteiger charge is 2.11. The Kier molecular flexibility index (Phi) is 5.20. The van der Waals surface area contributed by atoms with E-state index in [1.807, 2.05) is 48.7 Å². The van der Waals surface area contributed by atoms with Crippen LogP contribution in [0.3, 0.4) is 0 Å². The molecule has 0 saturated heterocycles. The van der Waals surface area contributed by atoms with E-state index in [-0.39, 0.29) is 5.91 Å². The zero-order valence-electron chi connectivity index (χ0n) is 13.2. The molecule has 3 heteroatoms. The fraction of sp³-hybridized carbons (Fsp3) is 0.300. The van der Waals surface area contributed by atoms with Crippen molar-refractivity contribution in [3.63, 3.8) is 0 Å². The van der Waals surface area contributed by atoms with Crippen LogP contribution in [0.5, 0.6) is 0 Å². The summed E-state index contributed by atoms with van der Waals surface area (Å²) in [4.78, 5) is 12.1. The summed E-state index contributed by atoms with van der Waals surface area (Å²) < 4.78 is 0. The summed E-state index contributed by atoms with van der Waals surface area (Å²) in [7, 11) is 0. The minimum atomic E-state index is -0.156. The van der Waals surface area contributed by atoms with Crippen LogP contribution in [0.4, 0.5) is 0 Å². The van der Waals surface area contributed by atoms with Crippen molar-refractivity contribution in [1.82, 2.24) is 5.43 Å². The number of hydrogen-bond donors (Lipinski definition) is 1. The van der Waals surface area contributed by atoms with Crippen molar-refractivity contribution in [1.29, 1.82) is 0 Å². The van der Waals surface area contributed by atoms with Crippen LogP contribution in [0.25, 0.3) is 11.1 Å². The summed E-state index contributed by atoms with van der Waals surface area (Å²) in [5.41, 5.74) is 5.52. The standard InChI is InChI=1S/C20H22N2O/c23-20(22-21-15-16-7-3-1-4-8-16)19-13-11-18(12-14-19)17-9-5-2-6-10-17/h2,5-6,9-16H,1,3-4,7-8H2,(H,22,23)/b21-15-. The number of hydrogen-bond acceptors (Lipinski definition) is 2. The predicted molar refractivity (Wildman–Crippen MR) is 94.4 cm³/mol. The van der Waals surface area contributed by atoms with Gasteiger partial charge >= 0.3 is 0 Å². The Hall–Kier alpha value is -2.42. The van der Waals surface area contributed by atoms with Crippen LogP contribution in [-0.4, -0.2) is 12.1 Å². The molecule has 0 radical (unpaired) electrons. The molecule has 3 nitrogen and oxygen atoms in total. The van der Waals surface area contributed by atoms with E-state index < -0.39 is 0 Å². The lowest BCUT2D eigenvalue weighted by atomic mass is 9.90. The Bertz CT molecular complexity index is 656. The molecule has 0 aliphatic heterocycles. The maximum absolute atomic E-state index is 12.1. The number of nitrogens with zero attached hydrogens (tertiary/aromatic N) is 1. The van der Waals surface area contributed by atoms with Gasteiger partial charge in [-0.3, -0.25) is 4.79 Å². The van der Waals surface area contributed by atoms with Crippen molar-refractivity contribution in [2.24, 2.45) is 11.0 Å². The van der Waals surface area contributed by atoms with E-state index >= 15 is 0 Å². The first kappa shape index (κ1) is 15.5. The second-order valence-electron chi connectivity index (χ2n) is 6.06. The molecule has 0 bridgehead atoms. The quantitative estimate of drug-likeness (QED) is 0.648. The van der Waals surface area contributed by atoms with Gasteiger partial charge in [-0.15, -0.1) is 0 Å². The second kappa shape index (κ2) is 7.73. The smallest absolute Gasteiger partial charge is 0.267 e. The third-order valence-electron chi connectivity index (χ3n) is 4.36. The van der Waals surface area contributed by atoms with E-state index in [0.29, 0.717) is 11.5 Å². The largest absolute Gasteiger partial charge is 0.271 e. The van der Waals surface area contributed by atoms with Gasteiger partial charge in [0, 0.05) is 11.8 Å². The van der Waals surface area contributed by atoms with E-state index in [1.165, 1.54) is 32.1 Å². The topological polar surface area (TPSA) is 41.5 Å². The molecule has 0 spiro atoms. The van der Waals surface area contributed by atoms with Crippen LogP contribution in [0.2, 0.25) is 0 Å². The van der Waals surface area contributed by atoms with Gasteiger partial charge in [0.2, 0.25) is 0 Å². The first-order chi connectivity index (χ1) is 11.3. The summed E-state index contributed by atoms with van der Waals surface area (Å²) in [6, 6.07) is 17.8. The van der Waals surface area contributed by atoms with Crippen molar-refractivity contribution >= 4 is 12.1 Å². The van der Waals surface area contributed by atoms with Crippen LogP contribution in [0.1, 0.15) is 42.5 Å². The van der Waals surface area contributed by atoms with Gasteiger partial charge in [0.25, 0.3) is 5.91 Å². The monoisotopic (exact) mass is 306 g/mol. The molecule has 1 aliphatic carbocycles. The average molecular weight is 306 g/mol. The van der Waals surface area contributed by atoms with Crippen LogP contribution in [-0.2, 0) is 0 Å². The number of benzene rings is 2. The van der Waals surface area contributed by atoms with E-state index in [1.54, 1.807) is 0 Å². The maximum atomic E-state index is 12.1. The van der Waals surface area contributed by atoms with Crippen LogP contribution >= 0.6 is 0 Å². The number of carbonyl (C=O) groups excluding carboxylic acids is 1. The van der Waals surface area contributed by atoms with E-state index in [2.05, 4.69) is 22.7 Å². The maximum Gasteiger partial charge on any atom is 0.271 e. The number of nitrogens with one attached hydrogen (secondary N) is 1. The Morgan fingerprint density at radius 3 is 2.26 bits per heavy atom. The molecule has 0 unspecified atom stereocenters. The molecule has 0 atom stereocenters. The highest BCUT2D eigenvalue weighted by atomic mass is 16.2. The molecule has 0 heterocycles. The Morgan fingerprint density at radius 1 is 0.913 bits per heavy atom. The second-order valence-corrected chi connectivity index (χ2v) is 6.06. The van der Waals surface area contributed by atoms with Gasteiger partial charge in [0.15, 0.2) is 0 Å². The fourth-order valence-electron chi connectivity index (χ4n) is 2.99. The van der Waals surface area contributed by atoms with Crippen molar-refractivity contribution in [3.8, 4) is 11.1 Å². The van der Waals surface area contributed by atoms with Crippen LogP contribution < -0.4 is 5.43 Å². The minimum Gasteiger partial charge on any atom is -0.267 e. The summed E-state index contributed by atoms with van der Waals surface area (Å²) >= 11 is 0. The van der Waals surface area contributed by atoms with Gasteiger partial charge in [-0.2, -0.15) is 5.10 Å². The van der Waals surface area contributed by atoms with Gasteiger partial charge < -0.3 is 0 Å². The molecule has 2 aromatic rings. The molecular weight excluding hydrogens is 284 g/mol. The fourth-order valence-corrected chi connectivity index (χ4v) is 2.99. The number of carbonyl (C=O) groups is 1.